The fourth-order valence-electron chi connectivity index (χ4n) is 3.00. The Hall–Kier alpha value is -2.33. The van der Waals surface area contributed by atoms with Crippen molar-refractivity contribution < 1.29 is 9.59 Å². The second-order valence-corrected chi connectivity index (χ2v) is 7.81. The van der Waals surface area contributed by atoms with Crippen LogP contribution in [0.4, 0.5) is 0 Å². The highest BCUT2D eigenvalue weighted by Gasteiger charge is 2.28. The number of carbonyl (C=O) groups excluding carboxylic acids is 2. The Morgan fingerprint density at radius 3 is 2.21 bits per heavy atom. The van der Waals surface area contributed by atoms with E-state index < -0.39 is 6.04 Å². The maximum atomic E-state index is 13.1. The number of carbonyl (C=O) groups is 2. The maximum Gasteiger partial charge on any atom is 0.242 e. The zero-order valence-electron chi connectivity index (χ0n) is 16.8. The molecule has 2 aromatic rings. The van der Waals surface area contributed by atoms with Crippen LogP contribution in [0, 0.1) is 5.92 Å². The number of nitrogens with zero attached hydrogens (tertiary/aromatic N) is 1. The molecule has 0 aliphatic carbocycles. The molecule has 0 saturated carbocycles. The zero-order valence-corrected chi connectivity index (χ0v) is 17.6. The van der Waals surface area contributed by atoms with Crippen molar-refractivity contribution in [3.05, 3.63) is 70.7 Å². The van der Waals surface area contributed by atoms with Gasteiger partial charge in [-0.25, -0.2) is 0 Å². The van der Waals surface area contributed by atoms with Crippen molar-refractivity contribution in [2.45, 2.75) is 46.2 Å². The third-order valence-corrected chi connectivity index (χ3v) is 4.79. The van der Waals surface area contributed by atoms with E-state index in [4.69, 9.17) is 11.6 Å². The first-order valence-electron chi connectivity index (χ1n) is 9.76. The maximum absolute atomic E-state index is 13.1. The summed E-state index contributed by atoms with van der Waals surface area (Å²) in [5.41, 5.74) is 1.88. The van der Waals surface area contributed by atoms with Gasteiger partial charge in [-0.15, -0.1) is 0 Å². The Morgan fingerprint density at radius 2 is 1.64 bits per heavy atom. The lowest BCUT2D eigenvalue weighted by atomic mass is 10.1. The number of hydrogen-bond donors (Lipinski definition) is 1. The predicted molar refractivity (Wildman–Crippen MR) is 114 cm³/mol. The number of rotatable bonds is 9. The molecular weight excluding hydrogens is 372 g/mol. The molecule has 0 spiro atoms. The van der Waals surface area contributed by atoms with E-state index >= 15 is 0 Å². The van der Waals surface area contributed by atoms with E-state index in [-0.39, 0.29) is 18.2 Å². The number of halogens is 1. The molecule has 0 bridgehead atoms. The standard InChI is InChI=1S/C23H29ClN2O2/c1-4-21(23(28)25-15-17(2)3)26(16-19-10-12-20(24)13-11-19)22(27)14-18-8-6-5-7-9-18/h5-13,17,21H,4,14-16H2,1-3H3,(H,25,28)/t21-/m0/s1. The molecular formula is C23H29ClN2O2. The third-order valence-electron chi connectivity index (χ3n) is 4.53. The second kappa shape index (κ2) is 10.9. The smallest absolute Gasteiger partial charge is 0.242 e. The van der Waals surface area contributed by atoms with Crippen molar-refractivity contribution in [1.82, 2.24) is 10.2 Å². The van der Waals surface area contributed by atoms with E-state index in [1.54, 1.807) is 17.0 Å². The first-order chi connectivity index (χ1) is 13.4. The van der Waals surface area contributed by atoms with E-state index in [0.29, 0.717) is 30.5 Å². The molecule has 28 heavy (non-hydrogen) atoms. The van der Waals surface area contributed by atoms with Crippen LogP contribution in [0.1, 0.15) is 38.3 Å². The lowest BCUT2D eigenvalue weighted by Crippen LogP contribution is -2.50. The van der Waals surface area contributed by atoms with Gasteiger partial charge in [-0.3, -0.25) is 9.59 Å². The summed E-state index contributed by atoms with van der Waals surface area (Å²) in [5, 5.41) is 3.62. The predicted octanol–water partition coefficient (Wildman–Crippen LogP) is 4.46. The quantitative estimate of drug-likeness (QED) is 0.675. The van der Waals surface area contributed by atoms with E-state index in [0.717, 1.165) is 11.1 Å². The molecule has 0 unspecified atom stereocenters. The SMILES string of the molecule is CC[C@@H](C(=O)NCC(C)C)N(Cc1ccc(Cl)cc1)C(=O)Cc1ccccc1. The lowest BCUT2D eigenvalue weighted by molar-refractivity contribution is -0.141. The molecule has 2 aromatic carbocycles. The van der Waals surface area contributed by atoms with Crippen LogP contribution in [0.3, 0.4) is 0 Å². The van der Waals surface area contributed by atoms with Crippen molar-refractivity contribution in [3.8, 4) is 0 Å². The Morgan fingerprint density at radius 1 is 1.00 bits per heavy atom. The zero-order chi connectivity index (χ0) is 20.5. The summed E-state index contributed by atoms with van der Waals surface area (Å²) >= 11 is 5.98. The molecule has 1 N–H and O–H groups in total. The summed E-state index contributed by atoms with van der Waals surface area (Å²) in [7, 11) is 0. The van der Waals surface area contributed by atoms with Gasteiger partial charge in [0.1, 0.15) is 6.04 Å². The minimum Gasteiger partial charge on any atom is -0.354 e. The topological polar surface area (TPSA) is 49.4 Å². The van der Waals surface area contributed by atoms with Crippen molar-refractivity contribution in [3.63, 3.8) is 0 Å². The number of nitrogens with one attached hydrogen (secondary N) is 1. The van der Waals surface area contributed by atoms with Gasteiger partial charge in [-0.2, -0.15) is 0 Å². The molecule has 150 valence electrons. The lowest BCUT2D eigenvalue weighted by Gasteiger charge is -2.31. The molecule has 0 heterocycles. The molecule has 2 rings (SSSR count). The minimum absolute atomic E-state index is 0.0623. The van der Waals surface area contributed by atoms with Crippen LogP contribution < -0.4 is 5.32 Å². The molecule has 0 aliphatic rings. The number of hydrogen-bond acceptors (Lipinski definition) is 2. The minimum atomic E-state index is -0.509. The summed E-state index contributed by atoms with van der Waals surface area (Å²) < 4.78 is 0. The molecule has 0 fully saturated rings. The van der Waals surface area contributed by atoms with Crippen LogP contribution >= 0.6 is 11.6 Å². The van der Waals surface area contributed by atoms with Gasteiger partial charge < -0.3 is 10.2 Å². The van der Waals surface area contributed by atoms with Gasteiger partial charge >= 0.3 is 0 Å². The van der Waals surface area contributed by atoms with Crippen LogP contribution in [0.15, 0.2) is 54.6 Å². The highest BCUT2D eigenvalue weighted by molar-refractivity contribution is 6.30. The Bertz CT molecular complexity index is 760. The fraction of sp³-hybridized carbons (Fsp3) is 0.391. The summed E-state index contributed by atoms with van der Waals surface area (Å²) in [6, 6.07) is 16.5. The van der Waals surface area contributed by atoms with Crippen LogP contribution in [-0.4, -0.2) is 29.3 Å². The second-order valence-electron chi connectivity index (χ2n) is 7.37. The Balaban J connectivity index is 2.23. The molecule has 1 atom stereocenters. The monoisotopic (exact) mass is 400 g/mol. The summed E-state index contributed by atoms with van der Waals surface area (Å²) in [6.45, 7) is 7.00. The first kappa shape index (κ1) is 22.0. The van der Waals surface area contributed by atoms with E-state index in [1.165, 1.54) is 0 Å². The third kappa shape index (κ3) is 6.68. The van der Waals surface area contributed by atoms with Crippen LogP contribution in [-0.2, 0) is 22.6 Å². The average molecular weight is 401 g/mol. The molecule has 0 radical (unpaired) electrons. The van der Waals surface area contributed by atoms with Gasteiger partial charge in [-0.05, 0) is 35.6 Å². The van der Waals surface area contributed by atoms with Crippen LogP contribution in [0.5, 0.6) is 0 Å². The van der Waals surface area contributed by atoms with Gasteiger partial charge in [0, 0.05) is 18.1 Å². The van der Waals surface area contributed by atoms with Crippen molar-refractivity contribution in [2.75, 3.05) is 6.54 Å². The summed E-state index contributed by atoms with van der Waals surface area (Å²) in [4.78, 5) is 27.6. The molecule has 4 nitrogen and oxygen atoms in total. The highest BCUT2D eigenvalue weighted by atomic mass is 35.5. The normalized spacial score (nSPS) is 11.9. The van der Waals surface area contributed by atoms with Crippen LogP contribution in [0.2, 0.25) is 5.02 Å². The van der Waals surface area contributed by atoms with Gasteiger partial charge in [0.25, 0.3) is 0 Å². The molecule has 0 aromatic heterocycles. The van der Waals surface area contributed by atoms with E-state index in [2.05, 4.69) is 5.32 Å². The Labute approximate surface area is 172 Å². The first-order valence-corrected chi connectivity index (χ1v) is 10.1. The largest absolute Gasteiger partial charge is 0.354 e. The summed E-state index contributed by atoms with van der Waals surface area (Å²) in [5.74, 6) is 0.186. The van der Waals surface area contributed by atoms with Crippen molar-refractivity contribution in [2.24, 2.45) is 5.92 Å². The number of benzene rings is 2. The van der Waals surface area contributed by atoms with E-state index in [1.807, 2.05) is 63.2 Å². The molecule has 0 aliphatic heterocycles. The van der Waals surface area contributed by atoms with Gasteiger partial charge in [0.05, 0.1) is 6.42 Å². The molecule has 0 saturated heterocycles. The highest BCUT2D eigenvalue weighted by Crippen LogP contribution is 2.17. The average Bonchev–Trinajstić information content (AvgIpc) is 2.68. The van der Waals surface area contributed by atoms with Crippen LogP contribution in [0.25, 0.3) is 0 Å². The van der Waals surface area contributed by atoms with Crippen molar-refractivity contribution in [1.29, 1.82) is 0 Å². The number of amides is 2. The summed E-state index contributed by atoms with van der Waals surface area (Å²) in [6.07, 6.45) is 0.820. The van der Waals surface area contributed by atoms with Gasteiger partial charge in [0.15, 0.2) is 0 Å². The molecule has 5 heteroatoms. The van der Waals surface area contributed by atoms with E-state index in [9.17, 15) is 9.59 Å². The molecule has 2 amide bonds. The van der Waals surface area contributed by atoms with Crippen molar-refractivity contribution >= 4 is 23.4 Å². The Kier molecular flexibility index (Phi) is 8.52. The fourth-order valence-corrected chi connectivity index (χ4v) is 3.13. The van der Waals surface area contributed by atoms with Gasteiger partial charge in [-0.1, -0.05) is 74.8 Å². The van der Waals surface area contributed by atoms with Gasteiger partial charge in [0.2, 0.25) is 11.8 Å².